The van der Waals surface area contributed by atoms with E-state index < -0.39 is 0 Å². The molecule has 0 unspecified atom stereocenters. The second-order valence-corrected chi connectivity index (χ2v) is 6.66. The molecule has 0 bridgehead atoms. The molecule has 0 radical (unpaired) electrons. The van der Waals surface area contributed by atoms with Crippen molar-refractivity contribution in [1.29, 1.82) is 0 Å². The van der Waals surface area contributed by atoms with Crippen molar-refractivity contribution in [2.45, 2.75) is 0 Å². The fourth-order valence-corrected chi connectivity index (χ4v) is 3.17. The van der Waals surface area contributed by atoms with E-state index in [2.05, 4.69) is 18.9 Å². The summed E-state index contributed by atoms with van der Waals surface area (Å²) in [5.41, 5.74) is 0.653. The molecule has 0 aliphatic heterocycles. The summed E-state index contributed by atoms with van der Waals surface area (Å²) in [6, 6.07) is 0. The Morgan fingerprint density at radius 2 is 1.16 bits per heavy atom. The Hall–Kier alpha value is -0.440. The highest BCUT2D eigenvalue weighted by Crippen LogP contribution is 2.38. The van der Waals surface area contributed by atoms with Crippen molar-refractivity contribution in [3.05, 3.63) is 18.7 Å². The Morgan fingerprint density at radius 3 is 1.47 bits per heavy atom. The van der Waals surface area contributed by atoms with Gasteiger partial charge in [-0.3, -0.25) is 0 Å². The third-order valence-corrected chi connectivity index (χ3v) is 5.25. The Balaban J connectivity index is 2.05. The summed E-state index contributed by atoms with van der Waals surface area (Å²) < 4.78 is 14.2. The maximum absolute atomic E-state index is 5.96. The van der Waals surface area contributed by atoms with E-state index in [1.807, 2.05) is 0 Å². The largest absolute Gasteiger partial charge is 0.413 e. The first-order chi connectivity index (χ1) is 9.08. The quantitative estimate of drug-likeness (QED) is 0.637. The molecule has 3 aromatic heterocycles. The van der Waals surface area contributed by atoms with Gasteiger partial charge in [-0.1, -0.05) is 46.4 Å². The molecular formula is C8Cl4N4OS2. The molecule has 11 heteroatoms. The van der Waals surface area contributed by atoms with Crippen LogP contribution in [0.1, 0.15) is 0 Å². The molecule has 0 saturated heterocycles. The van der Waals surface area contributed by atoms with Crippen molar-refractivity contribution in [2.75, 3.05) is 0 Å². The molecule has 0 N–H and O–H groups in total. The van der Waals surface area contributed by atoms with Gasteiger partial charge in [0.1, 0.15) is 18.7 Å². The molecule has 3 aromatic rings. The molecular weight excluding hydrogens is 374 g/mol. The first-order valence-corrected chi connectivity index (χ1v) is 7.59. The Morgan fingerprint density at radius 1 is 0.737 bits per heavy atom. The van der Waals surface area contributed by atoms with Crippen molar-refractivity contribution in [1.82, 2.24) is 18.9 Å². The van der Waals surface area contributed by atoms with Gasteiger partial charge >= 0.3 is 0 Å². The summed E-state index contributed by atoms with van der Waals surface area (Å²) in [6.45, 7) is 0. The van der Waals surface area contributed by atoms with Crippen LogP contribution >= 0.6 is 69.5 Å². The topological polar surface area (TPSA) is 64.7 Å². The van der Waals surface area contributed by atoms with Gasteiger partial charge in [0.2, 0.25) is 0 Å². The maximum atomic E-state index is 5.96. The van der Waals surface area contributed by atoms with Crippen LogP contribution in [0.4, 0.5) is 0 Å². The van der Waals surface area contributed by atoms with E-state index in [1.165, 1.54) is 0 Å². The Bertz CT molecular complexity index is 691. The van der Waals surface area contributed by atoms with Crippen molar-refractivity contribution in [3.8, 4) is 23.2 Å². The molecule has 0 fully saturated rings. The zero-order valence-corrected chi connectivity index (χ0v) is 13.2. The summed E-state index contributed by atoms with van der Waals surface area (Å²) in [5.74, 6) is 0.284. The van der Waals surface area contributed by atoms with Crippen LogP contribution in [-0.4, -0.2) is 18.9 Å². The van der Waals surface area contributed by atoms with Crippen LogP contribution in [0.2, 0.25) is 18.7 Å². The van der Waals surface area contributed by atoms with E-state index in [9.17, 15) is 0 Å². The maximum Gasteiger partial charge on any atom is 0.269 e. The number of hydrogen-bond acceptors (Lipinski definition) is 7. The summed E-state index contributed by atoms with van der Waals surface area (Å²) in [7, 11) is 0. The number of rotatable bonds is 2. The lowest BCUT2D eigenvalue weighted by atomic mass is 10.4. The van der Waals surface area contributed by atoms with Crippen molar-refractivity contribution < 1.29 is 4.42 Å². The summed E-state index contributed by atoms with van der Waals surface area (Å²) in [6.07, 6.45) is 0. The monoisotopic (exact) mass is 372 g/mol. The first kappa shape index (κ1) is 13.5. The summed E-state index contributed by atoms with van der Waals surface area (Å²) in [5, 5.41) is 8.21. The second kappa shape index (κ2) is 5.16. The number of halogens is 4. The minimum Gasteiger partial charge on any atom is -0.413 e. The van der Waals surface area contributed by atoms with Gasteiger partial charge in [-0.2, -0.15) is 8.75 Å². The first-order valence-electron chi connectivity index (χ1n) is 4.53. The molecule has 19 heavy (non-hydrogen) atoms. The van der Waals surface area contributed by atoms with Gasteiger partial charge in [-0.15, -0.1) is 10.2 Å². The van der Waals surface area contributed by atoms with Crippen LogP contribution in [0.25, 0.3) is 23.2 Å². The van der Waals surface area contributed by atoms with E-state index >= 15 is 0 Å². The lowest BCUT2D eigenvalue weighted by Gasteiger charge is -1.89. The van der Waals surface area contributed by atoms with E-state index in [4.69, 9.17) is 50.8 Å². The van der Waals surface area contributed by atoms with Gasteiger partial charge in [0.25, 0.3) is 11.8 Å². The standard InChI is InChI=1S/C8Cl4N4OS2/c9-1-3(15-18-5(1)11)7-13-14-8(17-7)4-2(10)6(12)19-16-4. The predicted octanol–water partition coefficient (Wildman–Crippen LogP) is 4.93. The third kappa shape index (κ3) is 2.35. The van der Waals surface area contributed by atoms with Crippen LogP contribution in [0.3, 0.4) is 0 Å². The summed E-state index contributed by atoms with van der Waals surface area (Å²) in [4.78, 5) is 0. The highest BCUT2D eigenvalue weighted by Gasteiger charge is 2.22. The Labute approximate surface area is 134 Å². The zero-order valence-electron chi connectivity index (χ0n) is 8.53. The molecule has 0 aliphatic rings. The molecule has 0 saturated carbocycles. The van der Waals surface area contributed by atoms with Crippen LogP contribution < -0.4 is 0 Å². The van der Waals surface area contributed by atoms with Crippen molar-refractivity contribution in [2.24, 2.45) is 0 Å². The fourth-order valence-electron chi connectivity index (χ4n) is 1.20. The van der Waals surface area contributed by atoms with Crippen LogP contribution in [-0.2, 0) is 0 Å². The van der Waals surface area contributed by atoms with E-state index in [-0.39, 0.29) is 21.8 Å². The van der Waals surface area contributed by atoms with Gasteiger partial charge in [0.05, 0.1) is 0 Å². The zero-order chi connectivity index (χ0) is 13.6. The molecule has 0 atom stereocenters. The SMILES string of the molecule is Clc1snc(-c2nnc(-c3nsc(Cl)c3Cl)o2)c1Cl. The lowest BCUT2D eigenvalue weighted by Crippen LogP contribution is -1.77. The molecule has 0 amide bonds. The van der Waals surface area contributed by atoms with Gasteiger partial charge in [0, 0.05) is 0 Å². The average Bonchev–Trinajstić information content (AvgIpc) is 3.05. The lowest BCUT2D eigenvalue weighted by molar-refractivity contribution is 0.581. The highest BCUT2D eigenvalue weighted by molar-refractivity contribution is 7.12. The predicted molar refractivity (Wildman–Crippen MR) is 76.6 cm³/mol. The minimum absolute atomic E-state index is 0.142. The number of hydrogen-bond donors (Lipinski definition) is 0. The summed E-state index contributed by atoms with van der Waals surface area (Å²) >= 11 is 25.6. The van der Waals surface area contributed by atoms with E-state index in [1.54, 1.807) is 0 Å². The van der Waals surface area contributed by atoms with Gasteiger partial charge in [0.15, 0.2) is 11.4 Å². The van der Waals surface area contributed by atoms with Crippen LogP contribution in [0.5, 0.6) is 0 Å². The molecule has 3 heterocycles. The molecule has 0 aliphatic carbocycles. The third-order valence-electron chi connectivity index (χ3n) is 2.03. The van der Waals surface area contributed by atoms with Gasteiger partial charge in [-0.25, -0.2) is 0 Å². The second-order valence-electron chi connectivity index (χ2n) is 3.15. The van der Waals surface area contributed by atoms with Crippen molar-refractivity contribution >= 4 is 69.5 Å². The highest BCUT2D eigenvalue weighted by atomic mass is 35.5. The molecule has 3 rings (SSSR count). The number of aromatic nitrogens is 4. The normalized spacial score (nSPS) is 11.2. The Kier molecular flexibility index (Phi) is 3.67. The van der Waals surface area contributed by atoms with Gasteiger partial charge < -0.3 is 4.42 Å². The molecule has 0 aromatic carbocycles. The average molecular weight is 374 g/mol. The smallest absolute Gasteiger partial charge is 0.269 e. The molecule has 0 spiro atoms. The van der Waals surface area contributed by atoms with E-state index in [0.29, 0.717) is 20.1 Å². The number of nitrogens with zero attached hydrogens (tertiary/aromatic N) is 4. The van der Waals surface area contributed by atoms with Gasteiger partial charge in [-0.05, 0) is 23.1 Å². The fraction of sp³-hybridized carbons (Fsp3) is 0. The van der Waals surface area contributed by atoms with E-state index in [0.717, 1.165) is 23.1 Å². The van der Waals surface area contributed by atoms with Crippen LogP contribution in [0.15, 0.2) is 4.42 Å². The van der Waals surface area contributed by atoms with Crippen LogP contribution in [0, 0.1) is 0 Å². The van der Waals surface area contributed by atoms with Crippen molar-refractivity contribution in [3.63, 3.8) is 0 Å². The minimum atomic E-state index is 0.142. The molecule has 5 nitrogen and oxygen atoms in total. The molecule has 98 valence electrons.